The first-order valence-electron chi connectivity index (χ1n) is 12.2. The molecule has 1 aliphatic heterocycles. The fraction of sp³-hybridized carbons (Fsp3) is 0.370. The summed E-state index contributed by atoms with van der Waals surface area (Å²) < 4.78 is 13.6. The summed E-state index contributed by atoms with van der Waals surface area (Å²) in [5.74, 6) is 1.81. The Labute approximate surface area is 221 Å². The molecule has 0 radical (unpaired) electrons. The first-order chi connectivity index (χ1) is 17.5. The number of nitrogens with zero attached hydrogens (tertiary/aromatic N) is 3. The molecule has 0 saturated carbocycles. The molecule has 1 aliphatic rings. The fourth-order valence-corrected chi connectivity index (χ4v) is 4.94. The number of benzene rings is 2. The molecule has 2 aromatic carbocycles. The summed E-state index contributed by atoms with van der Waals surface area (Å²) in [6.07, 6.45) is 2.93. The Morgan fingerprint density at radius 2 is 1.92 bits per heavy atom. The number of para-hydroxylation sites is 1. The number of rotatable bonds is 11. The van der Waals surface area contributed by atoms with E-state index in [1.807, 2.05) is 62.4 Å². The molecule has 0 fully saturated rings. The van der Waals surface area contributed by atoms with Gasteiger partial charge in [0.05, 0.1) is 12.2 Å². The molecular weight excluding hydrogens is 496 g/mol. The van der Waals surface area contributed by atoms with Crippen molar-refractivity contribution in [1.29, 1.82) is 0 Å². The van der Waals surface area contributed by atoms with Crippen LogP contribution < -0.4 is 10.1 Å². The highest BCUT2D eigenvalue weighted by atomic mass is 35.5. The molecule has 2 heterocycles. The van der Waals surface area contributed by atoms with Crippen molar-refractivity contribution in [2.24, 2.45) is 0 Å². The Bertz CT molecular complexity index is 1230. The summed E-state index contributed by atoms with van der Waals surface area (Å²) >= 11 is 7.64. The van der Waals surface area contributed by atoms with E-state index in [0.29, 0.717) is 46.4 Å². The highest BCUT2D eigenvalue weighted by Gasteiger charge is 2.36. The third-order valence-corrected chi connectivity index (χ3v) is 6.92. The monoisotopic (exact) mass is 526 g/mol. The Morgan fingerprint density at radius 3 is 2.67 bits per heavy atom. The number of ether oxygens (including phenoxy) is 2. The van der Waals surface area contributed by atoms with Crippen LogP contribution in [0.2, 0.25) is 5.02 Å². The molecule has 36 heavy (non-hydrogen) atoms. The number of halogens is 1. The fourth-order valence-electron chi connectivity index (χ4n) is 3.90. The third kappa shape index (κ3) is 6.05. The SMILES string of the molecule is CCCCSc1nc2n(n1)C(c1ccccc1OCc1ccc(Cl)cc1)C(C(=O)OCCC)=C(C)N2. The maximum atomic E-state index is 13.3. The van der Waals surface area contributed by atoms with Crippen molar-refractivity contribution in [3.05, 3.63) is 76.0 Å². The summed E-state index contributed by atoms with van der Waals surface area (Å²) in [6, 6.07) is 14.7. The molecule has 0 amide bonds. The zero-order valence-electron chi connectivity index (χ0n) is 20.8. The second kappa shape index (κ2) is 12.3. The van der Waals surface area contributed by atoms with Gasteiger partial charge in [0.25, 0.3) is 0 Å². The van der Waals surface area contributed by atoms with Crippen LogP contribution in [0.15, 0.2) is 65.0 Å². The Hall–Kier alpha value is -2.97. The van der Waals surface area contributed by atoms with Crippen LogP contribution in [0.3, 0.4) is 0 Å². The third-order valence-electron chi connectivity index (χ3n) is 5.74. The first-order valence-corrected chi connectivity index (χ1v) is 13.6. The van der Waals surface area contributed by atoms with Gasteiger partial charge in [0.15, 0.2) is 0 Å². The van der Waals surface area contributed by atoms with E-state index < -0.39 is 6.04 Å². The van der Waals surface area contributed by atoms with Gasteiger partial charge in [0, 0.05) is 22.0 Å². The molecule has 0 bridgehead atoms. The van der Waals surface area contributed by atoms with Crippen LogP contribution in [-0.4, -0.2) is 33.1 Å². The van der Waals surface area contributed by atoms with Crippen molar-refractivity contribution in [2.75, 3.05) is 17.7 Å². The van der Waals surface area contributed by atoms with E-state index in [4.69, 9.17) is 31.2 Å². The smallest absolute Gasteiger partial charge is 0.338 e. The van der Waals surface area contributed by atoms with Gasteiger partial charge in [-0.2, -0.15) is 4.98 Å². The lowest BCUT2D eigenvalue weighted by molar-refractivity contribution is -0.139. The van der Waals surface area contributed by atoms with Gasteiger partial charge >= 0.3 is 5.97 Å². The number of nitrogens with one attached hydrogen (secondary N) is 1. The minimum atomic E-state index is -0.542. The summed E-state index contributed by atoms with van der Waals surface area (Å²) in [5, 5.41) is 9.40. The summed E-state index contributed by atoms with van der Waals surface area (Å²) in [6.45, 7) is 6.71. The average Bonchev–Trinajstić information content (AvgIpc) is 3.28. The van der Waals surface area contributed by atoms with Gasteiger partial charge in [-0.25, -0.2) is 9.48 Å². The first kappa shape index (κ1) is 26.1. The second-order valence-corrected chi connectivity index (χ2v) is 10.0. The zero-order valence-corrected chi connectivity index (χ0v) is 22.4. The van der Waals surface area contributed by atoms with Crippen LogP contribution in [0, 0.1) is 0 Å². The lowest BCUT2D eigenvalue weighted by Gasteiger charge is -2.29. The number of allylic oxidation sites excluding steroid dienone is 1. The van der Waals surface area contributed by atoms with Gasteiger partial charge < -0.3 is 14.8 Å². The summed E-state index contributed by atoms with van der Waals surface area (Å²) in [4.78, 5) is 18.0. The normalized spacial score (nSPS) is 14.8. The maximum absolute atomic E-state index is 13.3. The zero-order chi connectivity index (χ0) is 25.5. The predicted octanol–water partition coefficient (Wildman–Crippen LogP) is 6.64. The van der Waals surface area contributed by atoms with Crippen LogP contribution in [0.25, 0.3) is 0 Å². The Morgan fingerprint density at radius 1 is 1.14 bits per heavy atom. The van der Waals surface area contributed by atoms with E-state index >= 15 is 0 Å². The molecule has 0 aliphatic carbocycles. The van der Waals surface area contributed by atoms with Crippen molar-refractivity contribution in [3.63, 3.8) is 0 Å². The van der Waals surface area contributed by atoms with Crippen LogP contribution in [0.5, 0.6) is 5.75 Å². The van der Waals surface area contributed by atoms with Gasteiger partial charge in [0.1, 0.15) is 18.4 Å². The Kier molecular flexibility index (Phi) is 8.93. The van der Waals surface area contributed by atoms with Crippen molar-refractivity contribution >= 4 is 35.3 Å². The van der Waals surface area contributed by atoms with E-state index in [0.717, 1.165) is 36.1 Å². The number of carbonyl (C=O) groups is 1. The number of unbranched alkanes of at least 4 members (excludes halogenated alkanes) is 1. The number of aromatic nitrogens is 3. The van der Waals surface area contributed by atoms with Gasteiger partial charge in [-0.1, -0.05) is 74.0 Å². The molecule has 1 N–H and O–H groups in total. The van der Waals surface area contributed by atoms with Gasteiger partial charge in [-0.15, -0.1) is 5.10 Å². The lowest BCUT2D eigenvalue weighted by atomic mass is 9.95. The van der Waals surface area contributed by atoms with Gasteiger partial charge in [0.2, 0.25) is 11.1 Å². The molecule has 190 valence electrons. The summed E-state index contributed by atoms with van der Waals surface area (Å²) in [7, 11) is 0. The van der Waals surface area contributed by atoms with Crippen LogP contribution in [0.4, 0.5) is 5.95 Å². The second-order valence-electron chi connectivity index (χ2n) is 8.52. The van der Waals surface area contributed by atoms with Crippen LogP contribution >= 0.6 is 23.4 Å². The van der Waals surface area contributed by atoms with Gasteiger partial charge in [-0.05, 0) is 43.5 Å². The van der Waals surface area contributed by atoms with E-state index in [1.165, 1.54) is 0 Å². The summed E-state index contributed by atoms with van der Waals surface area (Å²) in [5.41, 5.74) is 2.99. The average molecular weight is 527 g/mol. The number of fused-ring (bicyclic) bond motifs is 1. The highest BCUT2D eigenvalue weighted by Crippen LogP contribution is 2.40. The van der Waals surface area contributed by atoms with Crippen molar-refractivity contribution in [2.45, 2.75) is 57.8 Å². The van der Waals surface area contributed by atoms with E-state index in [2.05, 4.69) is 12.2 Å². The van der Waals surface area contributed by atoms with E-state index in [9.17, 15) is 4.79 Å². The maximum Gasteiger partial charge on any atom is 0.338 e. The lowest BCUT2D eigenvalue weighted by Crippen LogP contribution is -2.30. The van der Waals surface area contributed by atoms with Crippen molar-refractivity contribution < 1.29 is 14.3 Å². The molecule has 7 nitrogen and oxygen atoms in total. The van der Waals surface area contributed by atoms with Crippen molar-refractivity contribution in [1.82, 2.24) is 14.8 Å². The Balaban J connectivity index is 1.72. The standard InChI is InChI=1S/C27H31ClN4O3S/c1-4-6-16-36-27-30-26-29-18(3)23(25(33)34-15-5-2)24(32(26)31-27)21-9-7-8-10-22(21)35-17-19-11-13-20(28)14-12-19/h7-14,24H,4-6,15-17H2,1-3H3,(H,29,30,31). The molecule has 1 unspecified atom stereocenters. The molecule has 1 aromatic heterocycles. The number of hydrogen-bond donors (Lipinski definition) is 1. The number of esters is 1. The molecule has 0 saturated heterocycles. The highest BCUT2D eigenvalue weighted by molar-refractivity contribution is 7.99. The van der Waals surface area contributed by atoms with Crippen LogP contribution in [-0.2, 0) is 16.1 Å². The number of carbonyl (C=O) groups excluding carboxylic acids is 1. The predicted molar refractivity (Wildman–Crippen MR) is 144 cm³/mol. The molecule has 4 rings (SSSR count). The molecule has 1 atom stereocenters. The minimum absolute atomic E-state index is 0.347. The quantitative estimate of drug-likeness (QED) is 0.170. The van der Waals surface area contributed by atoms with Crippen molar-refractivity contribution in [3.8, 4) is 5.75 Å². The van der Waals surface area contributed by atoms with E-state index in [-0.39, 0.29) is 5.97 Å². The molecule has 3 aromatic rings. The largest absolute Gasteiger partial charge is 0.489 e. The molecular formula is C27H31ClN4O3S. The number of anilines is 1. The van der Waals surface area contributed by atoms with E-state index in [1.54, 1.807) is 16.4 Å². The van der Waals surface area contributed by atoms with Crippen LogP contribution in [0.1, 0.15) is 57.2 Å². The number of thioether (sulfide) groups is 1. The van der Waals surface area contributed by atoms with Gasteiger partial charge in [-0.3, -0.25) is 0 Å². The minimum Gasteiger partial charge on any atom is -0.489 e. The number of hydrogen-bond acceptors (Lipinski definition) is 7. The topological polar surface area (TPSA) is 78.3 Å². The molecule has 0 spiro atoms. The molecule has 9 heteroatoms.